The SMILES string of the molecule is CCCCn1c(=O)c2ccccc2n2c(SCC(=O)Nc3ccc(Br)cc3)nnc12. The first-order valence-electron chi connectivity index (χ1n) is 9.63. The first kappa shape index (κ1) is 20.6. The van der Waals surface area contributed by atoms with Crippen molar-refractivity contribution in [3.8, 4) is 0 Å². The van der Waals surface area contributed by atoms with Crippen LogP contribution in [-0.4, -0.2) is 30.8 Å². The van der Waals surface area contributed by atoms with Crippen LogP contribution in [0.2, 0.25) is 0 Å². The Balaban J connectivity index is 1.64. The zero-order valence-corrected chi connectivity index (χ0v) is 18.7. The fraction of sp³-hybridized carbons (Fsp3) is 0.238. The summed E-state index contributed by atoms with van der Waals surface area (Å²) in [4.78, 5) is 25.4. The number of thioether (sulfide) groups is 1. The van der Waals surface area contributed by atoms with Crippen LogP contribution in [0.25, 0.3) is 16.7 Å². The Labute approximate surface area is 185 Å². The fourth-order valence-corrected chi connectivity index (χ4v) is 4.21. The van der Waals surface area contributed by atoms with Gasteiger partial charge in [-0.25, -0.2) is 0 Å². The molecule has 0 atom stereocenters. The summed E-state index contributed by atoms with van der Waals surface area (Å²) >= 11 is 4.67. The number of hydrogen-bond donors (Lipinski definition) is 1. The molecule has 0 fully saturated rings. The Morgan fingerprint density at radius 1 is 1.13 bits per heavy atom. The van der Waals surface area contributed by atoms with Gasteiger partial charge in [0.25, 0.3) is 5.56 Å². The molecule has 0 aliphatic heterocycles. The minimum absolute atomic E-state index is 0.0662. The predicted molar refractivity (Wildman–Crippen MR) is 123 cm³/mol. The molecule has 0 spiro atoms. The van der Waals surface area contributed by atoms with E-state index in [1.165, 1.54) is 11.8 Å². The number of halogens is 1. The Morgan fingerprint density at radius 3 is 2.67 bits per heavy atom. The number of hydrogen-bond acceptors (Lipinski definition) is 5. The maximum Gasteiger partial charge on any atom is 0.262 e. The van der Waals surface area contributed by atoms with Crippen molar-refractivity contribution in [2.75, 3.05) is 11.1 Å². The molecule has 2 heterocycles. The first-order chi connectivity index (χ1) is 14.6. The number of amides is 1. The standard InChI is InChI=1S/C21H20BrN5O2S/c1-2-3-12-26-19(29)16-6-4-5-7-17(16)27-20(26)24-25-21(27)30-13-18(28)23-15-10-8-14(22)9-11-15/h4-11H,2-3,12-13H2,1H3,(H,23,28). The Bertz CT molecular complexity index is 1270. The number of para-hydroxylation sites is 1. The van der Waals surface area contributed by atoms with Gasteiger partial charge in [0.2, 0.25) is 11.7 Å². The van der Waals surface area contributed by atoms with Crippen molar-refractivity contribution in [2.45, 2.75) is 31.5 Å². The monoisotopic (exact) mass is 485 g/mol. The molecule has 1 amide bonds. The summed E-state index contributed by atoms with van der Waals surface area (Å²) in [6.07, 6.45) is 1.84. The highest BCUT2D eigenvalue weighted by atomic mass is 79.9. The van der Waals surface area contributed by atoms with E-state index >= 15 is 0 Å². The van der Waals surface area contributed by atoms with E-state index in [2.05, 4.69) is 38.4 Å². The van der Waals surface area contributed by atoms with Crippen LogP contribution in [0, 0.1) is 0 Å². The number of nitrogens with one attached hydrogen (secondary N) is 1. The summed E-state index contributed by atoms with van der Waals surface area (Å²) in [7, 11) is 0. The minimum atomic E-state index is -0.136. The number of rotatable bonds is 7. The maximum atomic E-state index is 13.0. The number of carbonyl (C=O) groups is 1. The molecule has 1 N–H and O–H groups in total. The van der Waals surface area contributed by atoms with Crippen molar-refractivity contribution >= 4 is 56.0 Å². The quantitative estimate of drug-likeness (QED) is 0.393. The average molecular weight is 486 g/mol. The van der Waals surface area contributed by atoms with Gasteiger partial charge in [-0.05, 0) is 42.8 Å². The van der Waals surface area contributed by atoms with E-state index in [0.717, 1.165) is 28.5 Å². The number of benzene rings is 2. The van der Waals surface area contributed by atoms with Gasteiger partial charge in [0.1, 0.15) is 0 Å². The second kappa shape index (κ2) is 9.01. The number of anilines is 1. The zero-order chi connectivity index (χ0) is 21.1. The van der Waals surface area contributed by atoms with Gasteiger partial charge in [-0.2, -0.15) is 0 Å². The van der Waals surface area contributed by atoms with Gasteiger partial charge in [0.15, 0.2) is 5.16 Å². The largest absolute Gasteiger partial charge is 0.325 e. The molecule has 4 aromatic rings. The summed E-state index contributed by atoms with van der Waals surface area (Å²) in [6, 6.07) is 14.8. The lowest BCUT2D eigenvalue weighted by Gasteiger charge is -2.11. The molecule has 30 heavy (non-hydrogen) atoms. The molecule has 7 nitrogen and oxygen atoms in total. The molecule has 2 aromatic carbocycles. The van der Waals surface area contributed by atoms with E-state index in [-0.39, 0.29) is 17.2 Å². The summed E-state index contributed by atoms with van der Waals surface area (Å²) in [5.74, 6) is 0.546. The van der Waals surface area contributed by atoms with E-state index < -0.39 is 0 Å². The molecular weight excluding hydrogens is 466 g/mol. The normalized spacial score (nSPS) is 11.3. The molecule has 9 heteroatoms. The second-order valence-corrected chi connectivity index (χ2v) is 8.65. The van der Waals surface area contributed by atoms with E-state index in [9.17, 15) is 9.59 Å². The van der Waals surface area contributed by atoms with Gasteiger partial charge in [0, 0.05) is 16.7 Å². The minimum Gasteiger partial charge on any atom is -0.325 e. The molecule has 0 saturated carbocycles. The van der Waals surface area contributed by atoms with Gasteiger partial charge < -0.3 is 5.32 Å². The number of aromatic nitrogens is 4. The van der Waals surface area contributed by atoms with Crippen LogP contribution in [0.15, 0.2) is 63.0 Å². The number of fused-ring (bicyclic) bond motifs is 3. The predicted octanol–water partition coefficient (Wildman–Crippen LogP) is 4.34. The fourth-order valence-electron chi connectivity index (χ4n) is 3.21. The van der Waals surface area contributed by atoms with Gasteiger partial charge in [-0.15, -0.1) is 10.2 Å². The molecular formula is C21H20BrN5O2S. The Hall–Kier alpha value is -2.65. The van der Waals surface area contributed by atoms with Crippen LogP contribution < -0.4 is 10.9 Å². The second-order valence-electron chi connectivity index (χ2n) is 6.79. The molecule has 0 aliphatic carbocycles. The van der Waals surface area contributed by atoms with Gasteiger partial charge in [-0.1, -0.05) is 53.2 Å². The molecule has 2 aromatic heterocycles. The zero-order valence-electron chi connectivity index (χ0n) is 16.3. The highest BCUT2D eigenvalue weighted by Crippen LogP contribution is 2.22. The van der Waals surface area contributed by atoms with Crippen LogP contribution in [0.1, 0.15) is 19.8 Å². The van der Waals surface area contributed by atoms with Crippen LogP contribution >= 0.6 is 27.7 Å². The topological polar surface area (TPSA) is 81.3 Å². The van der Waals surface area contributed by atoms with Crippen LogP contribution in [0.3, 0.4) is 0 Å². The number of unbranched alkanes of at least 4 members (excludes halogenated alkanes) is 1. The van der Waals surface area contributed by atoms with Crippen molar-refractivity contribution in [1.29, 1.82) is 0 Å². The van der Waals surface area contributed by atoms with E-state index in [4.69, 9.17) is 0 Å². The van der Waals surface area contributed by atoms with Crippen molar-refractivity contribution < 1.29 is 4.79 Å². The van der Waals surface area contributed by atoms with Gasteiger partial charge >= 0.3 is 0 Å². The summed E-state index contributed by atoms with van der Waals surface area (Å²) < 4.78 is 4.49. The Morgan fingerprint density at radius 2 is 1.90 bits per heavy atom. The third kappa shape index (κ3) is 4.13. The highest BCUT2D eigenvalue weighted by Gasteiger charge is 2.17. The van der Waals surface area contributed by atoms with Crippen molar-refractivity contribution in [2.24, 2.45) is 0 Å². The van der Waals surface area contributed by atoms with Gasteiger partial charge in [-0.3, -0.25) is 18.6 Å². The van der Waals surface area contributed by atoms with Crippen LogP contribution in [-0.2, 0) is 11.3 Å². The third-order valence-corrected chi connectivity index (χ3v) is 6.13. The summed E-state index contributed by atoms with van der Waals surface area (Å²) in [6.45, 7) is 2.66. The van der Waals surface area contributed by atoms with E-state index in [1.54, 1.807) is 4.57 Å². The number of nitrogens with zero attached hydrogens (tertiary/aromatic N) is 4. The lowest BCUT2D eigenvalue weighted by molar-refractivity contribution is -0.113. The molecule has 0 saturated heterocycles. The molecule has 4 rings (SSSR count). The molecule has 154 valence electrons. The van der Waals surface area contributed by atoms with Crippen LogP contribution in [0.4, 0.5) is 5.69 Å². The average Bonchev–Trinajstić information content (AvgIpc) is 3.18. The Kier molecular flexibility index (Phi) is 6.19. The first-order valence-corrected chi connectivity index (χ1v) is 11.4. The smallest absolute Gasteiger partial charge is 0.262 e. The van der Waals surface area contributed by atoms with Crippen molar-refractivity contribution in [1.82, 2.24) is 19.2 Å². The highest BCUT2D eigenvalue weighted by molar-refractivity contribution is 9.10. The summed E-state index contributed by atoms with van der Waals surface area (Å²) in [5.41, 5.74) is 1.41. The number of aryl methyl sites for hydroxylation is 1. The van der Waals surface area contributed by atoms with E-state index in [1.807, 2.05) is 52.9 Å². The van der Waals surface area contributed by atoms with Crippen LogP contribution in [0.5, 0.6) is 0 Å². The molecule has 0 aliphatic rings. The van der Waals surface area contributed by atoms with Crippen molar-refractivity contribution in [3.63, 3.8) is 0 Å². The van der Waals surface area contributed by atoms with E-state index in [0.29, 0.717) is 22.9 Å². The maximum absolute atomic E-state index is 13.0. The molecule has 0 radical (unpaired) electrons. The summed E-state index contributed by atoms with van der Waals surface area (Å²) in [5, 5.41) is 12.6. The third-order valence-electron chi connectivity index (χ3n) is 4.67. The van der Waals surface area contributed by atoms with Gasteiger partial charge in [0.05, 0.1) is 16.7 Å². The lowest BCUT2D eigenvalue weighted by Crippen LogP contribution is -2.23. The molecule has 0 unspecified atom stereocenters. The lowest BCUT2D eigenvalue weighted by atomic mass is 10.2. The molecule has 0 bridgehead atoms. The number of carbonyl (C=O) groups excluding carboxylic acids is 1. The van der Waals surface area contributed by atoms with Crippen molar-refractivity contribution in [3.05, 3.63) is 63.4 Å².